The zero-order valence-corrected chi connectivity index (χ0v) is 12.4. The van der Waals surface area contributed by atoms with Crippen LogP contribution in [0.1, 0.15) is 17.3 Å². The molecule has 0 aromatic heterocycles. The Hall–Kier alpha value is -1.95. The number of carbonyl (C=O) groups excluding carboxylic acids is 1. The zero-order valence-electron chi connectivity index (χ0n) is 12.4. The molecule has 0 aliphatic heterocycles. The summed E-state index contributed by atoms with van der Waals surface area (Å²) in [5.74, 6) is 1.31. The standard InChI is InChI=1S/C14H22N2O4/c1-5-16(7-6-15)14(17)10-8-12(19-3)13(20-4)9-11(10)18-2/h8-9H,5-7,15H2,1-4H3. The van der Waals surface area contributed by atoms with E-state index in [9.17, 15) is 4.79 Å². The van der Waals surface area contributed by atoms with E-state index in [1.807, 2.05) is 6.92 Å². The molecule has 0 aliphatic rings. The Bertz CT molecular complexity index is 463. The molecule has 1 rings (SSSR count). The fourth-order valence-corrected chi connectivity index (χ4v) is 1.93. The van der Waals surface area contributed by atoms with Crippen molar-refractivity contribution < 1.29 is 19.0 Å². The van der Waals surface area contributed by atoms with Gasteiger partial charge < -0.3 is 24.8 Å². The summed E-state index contributed by atoms with van der Waals surface area (Å²) < 4.78 is 15.7. The first-order chi connectivity index (χ1) is 9.62. The van der Waals surface area contributed by atoms with Crippen LogP contribution in [0.5, 0.6) is 17.2 Å². The number of benzene rings is 1. The Morgan fingerprint density at radius 2 is 1.65 bits per heavy atom. The molecular formula is C14H22N2O4. The Morgan fingerprint density at radius 1 is 1.10 bits per heavy atom. The van der Waals surface area contributed by atoms with E-state index in [0.29, 0.717) is 42.4 Å². The molecule has 0 saturated heterocycles. The monoisotopic (exact) mass is 282 g/mol. The van der Waals surface area contributed by atoms with Gasteiger partial charge in [0.1, 0.15) is 5.75 Å². The van der Waals surface area contributed by atoms with E-state index in [0.717, 1.165) is 0 Å². The maximum atomic E-state index is 12.5. The van der Waals surface area contributed by atoms with Crippen molar-refractivity contribution in [2.45, 2.75) is 6.92 Å². The van der Waals surface area contributed by atoms with E-state index >= 15 is 0 Å². The molecule has 0 spiro atoms. The lowest BCUT2D eigenvalue weighted by Gasteiger charge is -2.22. The number of carbonyl (C=O) groups is 1. The average molecular weight is 282 g/mol. The fourth-order valence-electron chi connectivity index (χ4n) is 1.93. The van der Waals surface area contributed by atoms with Gasteiger partial charge >= 0.3 is 0 Å². The van der Waals surface area contributed by atoms with Crippen LogP contribution in [0.25, 0.3) is 0 Å². The minimum Gasteiger partial charge on any atom is -0.496 e. The van der Waals surface area contributed by atoms with E-state index in [4.69, 9.17) is 19.9 Å². The van der Waals surface area contributed by atoms with Crippen LogP contribution in [0.4, 0.5) is 0 Å². The summed E-state index contributed by atoms with van der Waals surface area (Å²) in [7, 11) is 4.57. The molecule has 0 aliphatic carbocycles. The Labute approximate surface area is 119 Å². The van der Waals surface area contributed by atoms with Crippen molar-refractivity contribution in [3.8, 4) is 17.2 Å². The van der Waals surface area contributed by atoms with Crippen molar-refractivity contribution in [3.05, 3.63) is 17.7 Å². The Balaban J connectivity index is 3.24. The van der Waals surface area contributed by atoms with Gasteiger partial charge in [0, 0.05) is 31.8 Å². The summed E-state index contributed by atoms with van der Waals surface area (Å²) in [5, 5.41) is 0. The second-order valence-corrected chi connectivity index (χ2v) is 4.08. The lowest BCUT2D eigenvalue weighted by molar-refractivity contribution is 0.0765. The van der Waals surface area contributed by atoms with E-state index in [1.165, 1.54) is 21.3 Å². The van der Waals surface area contributed by atoms with E-state index < -0.39 is 0 Å². The molecule has 6 nitrogen and oxygen atoms in total. The summed E-state index contributed by atoms with van der Waals surface area (Å²) in [6.07, 6.45) is 0. The number of rotatable bonds is 7. The number of likely N-dealkylation sites (N-methyl/N-ethyl adjacent to an activating group) is 1. The fraction of sp³-hybridized carbons (Fsp3) is 0.500. The van der Waals surface area contributed by atoms with Crippen LogP contribution >= 0.6 is 0 Å². The molecule has 1 aromatic rings. The summed E-state index contributed by atoms with van der Waals surface area (Å²) in [6.45, 7) is 3.39. The predicted molar refractivity (Wildman–Crippen MR) is 76.7 cm³/mol. The topological polar surface area (TPSA) is 74.0 Å². The number of hydrogen-bond acceptors (Lipinski definition) is 5. The van der Waals surface area contributed by atoms with Gasteiger partial charge in [-0.2, -0.15) is 0 Å². The molecule has 20 heavy (non-hydrogen) atoms. The molecule has 1 amide bonds. The number of ether oxygens (including phenoxy) is 3. The van der Waals surface area contributed by atoms with Crippen molar-refractivity contribution in [1.82, 2.24) is 4.90 Å². The van der Waals surface area contributed by atoms with Crippen LogP contribution < -0.4 is 19.9 Å². The van der Waals surface area contributed by atoms with Crippen LogP contribution in [0, 0.1) is 0 Å². The lowest BCUT2D eigenvalue weighted by Crippen LogP contribution is -2.35. The van der Waals surface area contributed by atoms with E-state index in [-0.39, 0.29) is 5.91 Å². The number of amides is 1. The van der Waals surface area contributed by atoms with Gasteiger partial charge in [0.2, 0.25) is 0 Å². The Morgan fingerprint density at radius 3 is 2.10 bits per heavy atom. The predicted octanol–water partition coefficient (Wildman–Crippen LogP) is 1.13. The molecule has 0 fully saturated rings. The first kappa shape index (κ1) is 16.1. The van der Waals surface area contributed by atoms with Gasteiger partial charge in [-0.1, -0.05) is 0 Å². The molecule has 0 radical (unpaired) electrons. The summed E-state index contributed by atoms with van der Waals surface area (Å²) in [6, 6.07) is 3.27. The second-order valence-electron chi connectivity index (χ2n) is 4.08. The summed E-state index contributed by atoms with van der Waals surface area (Å²) in [5.41, 5.74) is 5.95. The van der Waals surface area contributed by atoms with Crippen LogP contribution in [0.15, 0.2) is 12.1 Å². The number of nitrogens with zero attached hydrogens (tertiary/aromatic N) is 1. The smallest absolute Gasteiger partial charge is 0.257 e. The van der Waals surface area contributed by atoms with Crippen molar-refractivity contribution in [2.24, 2.45) is 5.73 Å². The Kier molecular flexibility index (Phi) is 6.11. The highest BCUT2D eigenvalue weighted by Gasteiger charge is 2.21. The SMILES string of the molecule is CCN(CCN)C(=O)c1cc(OC)c(OC)cc1OC. The minimum atomic E-state index is -0.143. The maximum absolute atomic E-state index is 12.5. The molecule has 2 N–H and O–H groups in total. The summed E-state index contributed by atoms with van der Waals surface area (Å²) >= 11 is 0. The molecular weight excluding hydrogens is 260 g/mol. The van der Waals surface area contributed by atoms with Gasteiger partial charge in [-0.3, -0.25) is 4.79 Å². The lowest BCUT2D eigenvalue weighted by atomic mass is 10.1. The van der Waals surface area contributed by atoms with Gasteiger partial charge in [-0.15, -0.1) is 0 Å². The third-order valence-corrected chi connectivity index (χ3v) is 3.00. The first-order valence-corrected chi connectivity index (χ1v) is 6.42. The van der Waals surface area contributed by atoms with Gasteiger partial charge in [0.25, 0.3) is 5.91 Å². The summed E-state index contributed by atoms with van der Waals surface area (Å²) in [4.78, 5) is 14.2. The van der Waals surface area contributed by atoms with Crippen LogP contribution in [0.2, 0.25) is 0 Å². The van der Waals surface area contributed by atoms with Crippen LogP contribution in [0.3, 0.4) is 0 Å². The second kappa shape index (κ2) is 7.59. The third-order valence-electron chi connectivity index (χ3n) is 3.00. The van der Waals surface area contributed by atoms with Gasteiger partial charge in [0.15, 0.2) is 11.5 Å². The average Bonchev–Trinajstić information content (AvgIpc) is 2.50. The maximum Gasteiger partial charge on any atom is 0.257 e. The molecule has 0 unspecified atom stereocenters. The molecule has 112 valence electrons. The number of methoxy groups -OCH3 is 3. The zero-order chi connectivity index (χ0) is 15.1. The van der Waals surface area contributed by atoms with Gasteiger partial charge in [0.05, 0.1) is 26.9 Å². The van der Waals surface area contributed by atoms with Crippen molar-refractivity contribution in [1.29, 1.82) is 0 Å². The molecule has 0 heterocycles. The molecule has 0 saturated carbocycles. The highest BCUT2D eigenvalue weighted by Crippen LogP contribution is 2.35. The van der Waals surface area contributed by atoms with Crippen molar-refractivity contribution >= 4 is 5.91 Å². The van der Waals surface area contributed by atoms with Crippen LogP contribution in [-0.4, -0.2) is 51.8 Å². The van der Waals surface area contributed by atoms with E-state index in [2.05, 4.69) is 0 Å². The highest BCUT2D eigenvalue weighted by molar-refractivity contribution is 5.97. The van der Waals surface area contributed by atoms with Crippen molar-refractivity contribution in [3.63, 3.8) is 0 Å². The van der Waals surface area contributed by atoms with Gasteiger partial charge in [-0.05, 0) is 6.92 Å². The molecule has 6 heteroatoms. The normalized spacial score (nSPS) is 10.1. The minimum absolute atomic E-state index is 0.143. The third kappa shape index (κ3) is 3.33. The molecule has 1 aromatic carbocycles. The number of nitrogens with two attached hydrogens (primary N) is 1. The van der Waals surface area contributed by atoms with Gasteiger partial charge in [-0.25, -0.2) is 0 Å². The number of hydrogen-bond donors (Lipinski definition) is 1. The van der Waals surface area contributed by atoms with E-state index in [1.54, 1.807) is 17.0 Å². The highest BCUT2D eigenvalue weighted by atomic mass is 16.5. The molecule has 0 bridgehead atoms. The van der Waals surface area contributed by atoms with Crippen molar-refractivity contribution in [2.75, 3.05) is 41.0 Å². The quantitative estimate of drug-likeness (QED) is 0.811. The largest absolute Gasteiger partial charge is 0.496 e. The van der Waals surface area contributed by atoms with Crippen LogP contribution in [-0.2, 0) is 0 Å². The molecule has 0 atom stereocenters. The first-order valence-electron chi connectivity index (χ1n) is 6.42.